The van der Waals surface area contributed by atoms with Crippen LogP contribution in [0.2, 0.25) is 0 Å². The highest BCUT2D eigenvalue weighted by molar-refractivity contribution is 5.84. The van der Waals surface area contributed by atoms with Crippen molar-refractivity contribution in [1.29, 1.82) is 0 Å². The molecule has 0 bridgehead atoms. The minimum atomic E-state index is -0.407. The van der Waals surface area contributed by atoms with Crippen LogP contribution >= 0.6 is 0 Å². The number of piperazine rings is 1. The zero-order valence-corrected chi connectivity index (χ0v) is 26.9. The molecule has 1 aliphatic heterocycles. The zero-order chi connectivity index (χ0) is 32.6. The summed E-state index contributed by atoms with van der Waals surface area (Å²) in [5.74, 6) is 1.20. The summed E-state index contributed by atoms with van der Waals surface area (Å²) in [7, 11) is 4.68. The first-order chi connectivity index (χ1) is 22.3. The predicted octanol–water partition coefficient (Wildman–Crippen LogP) is 4.13. The molecule has 0 saturated carbocycles. The first kappa shape index (κ1) is 32.6. The van der Waals surface area contributed by atoms with E-state index >= 15 is 0 Å². The largest absolute Gasteiger partial charge is 0.493 e. The van der Waals surface area contributed by atoms with Crippen molar-refractivity contribution < 1.29 is 23.8 Å². The number of methoxy groups -OCH3 is 3. The molecule has 0 spiro atoms. The summed E-state index contributed by atoms with van der Waals surface area (Å²) in [5, 5.41) is 6.10. The van der Waals surface area contributed by atoms with Gasteiger partial charge in [0.15, 0.2) is 11.5 Å². The second-order valence-electron chi connectivity index (χ2n) is 11.4. The van der Waals surface area contributed by atoms with Gasteiger partial charge in [0, 0.05) is 45.2 Å². The Hall–Kier alpha value is -4.83. The van der Waals surface area contributed by atoms with Gasteiger partial charge in [0.25, 0.3) is 0 Å². The average Bonchev–Trinajstić information content (AvgIpc) is 3.31. The van der Waals surface area contributed by atoms with Crippen LogP contribution in [0.5, 0.6) is 17.2 Å². The van der Waals surface area contributed by atoms with Gasteiger partial charge in [-0.15, -0.1) is 0 Å². The van der Waals surface area contributed by atoms with Gasteiger partial charge in [0.1, 0.15) is 0 Å². The maximum atomic E-state index is 13.6. The van der Waals surface area contributed by atoms with E-state index < -0.39 is 6.04 Å². The minimum Gasteiger partial charge on any atom is -0.493 e. The van der Waals surface area contributed by atoms with E-state index in [-0.39, 0.29) is 23.8 Å². The number of ether oxygens (including phenoxy) is 3. The summed E-state index contributed by atoms with van der Waals surface area (Å²) in [6, 6.07) is 16.8. The Bertz CT molecular complexity index is 1650. The molecule has 2 amide bonds. The van der Waals surface area contributed by atoms with Crippen molar-refractivity contribution in [2.24, 2.45) is 0 Å². The fraction of sp³-hybridized carbons (Fsp3) is 0.361. The first-order valence-electron chi connectivity index (χ1n) is 15.6. The maximum Gasteiger partial charge on any atom is 0.241 e. The number of amides is 2. The summed E-state index contributed by atoms with van der Waals surface area (Å²) in [4.78, 5) is 43.1. The lowest BCUT2D eigenvalue weighted by Gasteiger charge is -2.34. The molecular weight excluding hydrogens is 584 g/mol. The smallest absolute Gasteiger partial charge is 0.241 e. The normalized spacial score (nSPS) is 16.2. The fourth-order valence-corrected chi connectivity index (χ4v) is 6.22. The Kier molecular flexibility index (Phi) is 10.6. The van der Waals surface area contributed by atoms with E-state index in [1.165, 1.54) is 12.5 Å². The summed E-state index contributed by atoms with van der Waals surface area (Å²) >= 11 is 0. The van der Waals surface area contributed by atoms with Gasteiger partial charge in [-0.25, -0.2) is 0 Å². The minimum absolute atomic E-state index is 0.00210. The van der Waals surface area contributed by atoms with E-state index in [0.717, 1.165) is 36.3 Å². The number of nitrogens with one attached hydrogen (secondary N) is 2. The van der Waals surface area contributed by atoms with Crippen molar-refractivity contribution >= 4 is 23.6 Å². The standard InChI is InChI=1S/C36H42N4O6/c1-24(41)38-29-14-12-26-21-32(44-2)35(45-3)36(46-4)34(26)27-13-15-30(31(42)22-28(27)29)37-23-33(43)40-19-17-39(18-20-40)16-8-11-25-9-6-5-7-10-25/h5-11,13,15,21-22,29H,12,14,16-20,23H2,1-4H3,(H,37,42)(H,38,41)/b11-8+/t29-/m0/s1. The average molecular weight is 627 g/mol. The van der Waals surface area contributed by atoms with Crippen LogP contribution in [-0.4, -0.2) is 82.2 Å². The molecule has 10 nitrogen and oxygen atoms in total. The van der Waals surface area contributed by atoms with Crippen molar-refractivity contribution in [1.82, 2.24) is 15.1 Å². The SMILES string of the molecule is COc1cc2c(c(OC)c1OC)-c1ccc(NCC(=O)N3CCN(C/C=C/c4ccccc4)CC3)c(=O)cc1[C@@H](NC(C)=O)CC2. The van der Waals surface area contributed by atoms with Gasteiger partial charge in [0.2, 0.25) is 23.0 Å². The first-order valence-corrected chi connectivity index (χ1v) is 15.6. The molecule has 1 heterocycles. The number of hydrogen-bond donors (Lipinski definition) is 2. The second-order valence-corrected chi connectivity index (χ2v) is 11.4. The van der Waals surface area contributed by atoms with Gasteiger partial charge in [-0.1, -0.05) is 48.6 Å². The highest BCUT2D eigenvalue weighted by atomic mass is 16.5. The van der Waals surface area contributed by atoms with Crippen molar-refractivity contribution in [3.05, 3.63) is 87.6 Å². The molecule has 242 valence electrons. The fourth-order valence-electron chi connectivity index (χ4n) is 6.22. The number of anilines is 1. The van der Waals surface area contributed by atoms with Crippen LogP contribution < -0.4 is 30.3 Å². The Morgan fingerprint density at radius 1 is 0.935 bits per heavy atom. The quantitative estimate of drug-likeness (QED) is 0.346. The molecule has 2 N–H and O–H groups in total. The molecule has 3 aromatic rings. The second kappa shape index (κ2) is 15.0. The number of carbonyl (C=O) groups excluding carboxylic acids is 2. The van der Waals surface area contributed by atoms with Crippen LogP contribution in [-0.2, 0) is 16.0 Å². The number of fused-ring (bicyclic) bond motifs is 3. The van der Waals surface area contributed by atoms with E-state index in [1.54, 1.807) is 33.5 Å². The molecule has 1 saturated heterocycles. The topological polar surface area (TPSA) is 109 Å². The van der Waals surface area contributed by atoms with Crippen LogP contribution in [0.3, 0.4) is 0 Å². The molecule has 0 unspecified atom stereocenters. The third-order valence-corrected chi connectivity index (χ3v) is 8.54. The Labute approximate surface area is 270 Å². The van der Waals surface area contributed by atoms with Gasteiger partial charge in [-0.3, -0.25) is 19.3 Å². The molecule has 0 aromatic heterocycles. The number of benzene rings is 2. The van der Waals surface area contributed by atoms with E-state index in [2.05, 4.69) is 39.8 Å². The molecule has 3 aromatic carbocycles. The summed E-state index contributed by atoms with van der Waals surface area (Å²) in [5.41, 5.74) is 4.31. The molecule has 1 atom stereocenters. The lowest BCUT2D eigenvalue weighted by atomic mass is 9.95. The number of hydrogen-bond acceptors (Lipinski definition) is 8. The molecule has 1 aliphatic carbocycles. The van der Waals surface area contributed by atoms with E-state index in [0.29, 0.717) is 54.4 Å². The molecule has 5 rings (SSSR count). The molecule has 2 aliphatic rings. The molecule has 1 fully saturated rings. The number of rotatable bonds is 10. The van der Waals surface area contributed by atoms with Crippen molar-refractivity contribution in [3.63, 3.8) is 0 Å². The monoisotopic (exact) mass is 626 g/mol. The number of nitrogens with zero attached hydrogens (tertiary/aromatic N) is 2. The van der Waals surface area contributed by atoms with Gasteiger partial charge >= 0.3 is 0 Å². The number of aryl methyl sites for hydroxylation is 1. The van der Waals surface area contributed by atoms with Crippen LogP contribution in [0.4, 0.5) is 5.69 Å². The van der Waals surface area contributed by atoms with Crippen LogP contribution in [0.25, 0.3) is 17.2 Å². The Balaban J connectivity index is 1.34. The van der Waals surface area contributed by atoms with E-state index in [4.69, 9.17) is 14.2 Å². The van der Waals surface area contributed by atoms with Gasteiger partial charge in [-0.2, -0.15) is 0 Å². The lowest BCUT2D eigenvalue weighted by molar-refractivity contribution is -0.131. The molecule has 46 heavy (non-hydrogen) atoms. The van der Waals surface area contributed by atoms with Gasteiger partial charge in [-0.05, 0) is 53.3 Å². The van der Waals surface area contributed by atoms with E-state index in [1.807, 2.05) is 35.2 Å². The zero-order valence-electron chi connectivity index (χ0n) is 26.9. The van der Waals surface area contributed by atoms with Crippen molar-refractivity contribution in [2.75, 3.05) is 65.9 Å². The summed E-state index contributed by atoms with van der Waals surface area (Å²) < 4.78 is 17.1. The molecule has 0 radical (unpaired) electrons. The van der Waals surface area contributed by atoms with Crippen LogP contribution in [0.1, 0.15) is 36.1 Å². The third kappa shape index (κ3) is 7.34. The summed E-state index contributed by atoms with van der Waals surface area (Å²) in [6.45, 7) is 5.10. The van der Waals surface area contributed by atoms with Gasteiger partial charge in [0.05, 0.1) is 39.6 Å². The Morgan fingerprint density at radius 3 is 2.35 bits per heavy atom. The third-order valence-electron chi connectivity index (χ3n) is 8.54. The predicted molar refractivity (Wildman–Crippen MR) is 180 cm³/mol. The van der Waals surface area contributed by atoms with Gasteiger partial charge < -0.3 is 29.7 Å². The molecule has 10 heteroatoms. The molecular formula is C36H42N4O6. The highest BCUT2D eigenvalue weighted by Crippen LogP contribution is 2.50. The van der Waals surface area contributed by atoms with Crippen LogP contribution in [0.15, 0.2) is 65.5 Å². The van der Waals surface area contributed by atoms with Crippen molar-refractivity contribution in [3.8, 4) is 28.4 Å². The highest BCUT2D eigenvalue weighted by Gasteiger charge is 2.29. The van der Waals surface area contributed by atoms with E-state index in [9.17, 15) is 14.4 Å². The van der Waals surface area contributed by atoms with Crippen molar-refractivity contribution in [2.45, 2.75) is 25.8 Å². The lowest BCUT2D eigenvalue weighted by Crippen LogP contribution is -2.50. The number of carbonyl (C=O) groups is 2. The maximum absolute atomic E-state index is 13.6. The Morgan fingerprint density at radius 2 is 1.67 bits per heavy atom. The van der Waals surface area contributed by atoms with Crippen LogP contribution in [0, 0.1) is 0 Å². The summed E-state index contributed by atoms with van der Waals surface area (Å²) in [6.07, 6.45) is 5.44.